The molecule has 3 rings (SSSR count). The first-order valence-corrected chi connectivity index (χ1v) is 13.8. The molecule has 0 radical (unpaired) electrons. The summed E-state index contributed by atoms with van der Waals surface area (Å²) in [5.41, 5.74) is 0. The molecule has 0 aliphatic carbocycles. The monoisotopic (exact) mass is 506 g/mol. The Balaban J connectivity index is 1.22. The molecule has 4 atom stereocenters. The Morgan fingerprint density at radius 3 is 2.24 bits per heavy atom. The summed E-state index contributed by atoms with van der Waals surface area (Å²) in [6.45, 7) is 4.24. The van der Waals surface area contributed by atoms with Crippen molar-refractivity contribution in [1.29, 1.82) is 0 Å². The predicted octanol–water partition coefficient (Wildman–Crippen LogP) is 1.63. The number of ether oxygens (including phenoxy) is 2. The minimum atomic E-state index is 0.198. The normalized spacial score (nSPS) is 39.5. The van der Waals surface area contributed by atoms with E-state index in [9.17, 15) is 0 Å². The Kier molecular flexibility index (Phi) is 6.06. The third-order valence-electron chi connectivity index (χ3n) is 2.78. The Hall–Kier alpha value is 2.20. The summed E-state index contributed by atoms with van der Waals surface area (Å²) in [5, 5.41) is 1.71. The van der Waals surface area contributed by atoms with Crippen LogP contribution in [-0.2, 0) is 9.47 Å². The summed E-state index contributed by atoms with van der Waals surface area (Å²) in [4.78, 5) is 0. The topological polar surface area (TPSA) is 18.5 Å². The second-order valence-corrected chi connectivity index (χ2v) is 17.9. The number of thioether (sulfide) groups is 2. The first kappa shape index (κ1) is 14.1. The molecule has 3 fully saturated rings. The van der Waals surface area contributed by atoms with Crippen molar-refractivity contribution in [2.75, 3.05) is 37.9 Å². The molecule has 0 spiro atoms. The second-order valence-electron chi connectivity index (χ2n) is 4.51. The molecule has 3 aliphatic rings. The van der Waals surface area contributed by atoms with Gasteiger partial charge in [0.05, 0.1) is 0 Å². The van der Waals surface area contributed by atoms with Gasteiger partial charge in [-0.3, -0.25) is 0 Å². The first-order valence-electron chi connectivity index (χ1n) is 6.06. The van der Waals surface area contributed by atoms with Crippen molar-refractivity contribution in [3.63, 3.8) is 0 Å². The Morgan fingerprint density at radius 1 is 0.941 bits per heavy atom. The summed E-state index contributed by atoms with van der Waals surface area (Å²) >= 11 is 4.56. The van der Waals surface area contributed by atoms with E-state index in [1.54, 1.807) is 0 Å². The molecule has 0 bridgehead atoms. The average molecular weight is 502 g/mol. The van der Waals surface area contributed by atoms with Crippen molar-refractivity contribution in [3.8, 4) is 0 Å². The molecule has 98 valence electrons. The van der Waals surface area contributed by atoms with E-state index in [-0.39, 0.29) is 41.8 Å². The van der Waals surface area contributed by atoms with Crippen LogP contribution >= 0.6 is 23.5 Å². The molecule has 0 amide bonds. The van der Waals surface area contributed by atoms with E-state index in [2.05, 4.69) is 0 Å². The molecule has 3 heterocycles. The maximum absolute atomic E-state index is 5.84. The molecule has 3 aliphatic heterocycles. The van der Waals surface area contributed by atoms with Crippen molar-refractivity contribution in [1.82, 2.24) is 0 Å². The fraction of sp³-hybridized carbons (Fsp3) is 1.00. The Labute approximate surface area is 132 Å². The van der Waals surface area contributed by atoms with Gasteiger partial charge in [0.15, 0.2) is 0 Å². The van der Waals surface area contributed by atoms with Crippen LogP contribution in [0.5, 0.6) is 0 Å². The average Bonchev–Trinajstić information content (AvgIpc) is 3.22. The van der Waals surface area contributed by atoms with Crippen molar-refractivity contribution < 1.29 is 9.47 Å². The summed E-state index contributed by atoms with van der Waals surface area (Å²) < 4.78 is 15.3. The molecule has 0 aromatic heterocycles. The van der Waals surface area contributed by atoms with E-state index >= 15 is 0 Å². The summed E-state index contributed by atoms with van der Waals surface area (Å²) in [7, 11) is 0. The maximum atomic E-state index is 5.84. The van der Waals surface area contributed by atoms with E-state index < -0.39 is 0 Å². The van der Waals surface area contributed by atoms with Crippen LogP contribution in [0.4, 0.5) is 0 Å². The molecule has 0 aromatic rings. The van der Waals surface area contributed by atoms with Crippen LogP contribution in [0.2, 0.25) is 10.4 Å². The summed E-state index contributed by atoms with van der Waals surface area (Å²) in [5.74, 6) is 2.68. The third kappa shape index (κ3) is 5.60. The van der Waals surface area contributed by atoms with Gasteiger partial charge in [-0.2, -0.15) is 0 Å². The fourth-order valence-corrected chi connectivity index (χ4v) is 16.2. The van der Waals surface area contributed by atoms with Crippen LogP contribution in [0, 0.1) is 0 Å². The van der Waals surface area contributed by atoms with Crippen LogP contribution in [-0.4, -0.2) is 90.3 Å². The van der Waals surface area contributed by atoms with E-state index in [0.29, 0.717) is 0 Å². The molecule has 2 nitrogen and oxygen atoms in total. The quantitative estimate of drug-likeness (QED) is 0.372. The van der Waals surface area contributed by atoms with Gasteiger partial charge >= 0.3 is 134 Å². The van der Waals surface area contributed by atoms with Gasteiger partial charge in [0.1, 0.15) is 0 Å². The first-order chi connectivity index (χ1) is 8.40. The van der Waals surface area contributed by atoms with Gasteiger partial charge in [0.2, 0.25) is 0 Å². The van der Waals surface area contributed by atoms with Gasteiger partial charge < -0.3 is 0 Å². The molecule has 6 heteroatoms. The zero-order valence-electron chi connectivity index (χ0n) is 9.71. The van der Waals surface area contributed by atoms with Crippen molar-refractivity contribution >= 4 is 65.4 Å². The van der Waals surface area contributed by atoms with E-state index in [1.165, 1.54) is 16.0 Å². The van der Waals surface area contributed by atoms with Crippen LogP contribution in [0.3, 0.4) is 0 Å². The number of hydrogen-bond donors (Lipinski definition) is 0. The molecule has 0 saturated carbocycles. The van der Waals surface area contributed by atoms with Crippen LogP contribution < -0.4 is 0 Å². The number of rotatable bonds is 8. The zero-order valence-corrected chi connectivity index (χ0v) is 16.0. The number of hydrogen-bond acceptors (Lipinski definition) is 4. The standard InChI is InChI=1S/C11H18O2S2Te2/c1(8-5-14-8)12-3-10-7-16-11(17-10)4-13-2-9-6-15-9/h8-11H,1-7H2. The summed E-state index contributed by atoms with van der Waals surface area (Å²) in [6, 6.07) is 0. The Morgan fingerprint density at radius 2 is 1.59 bits per heavy atom. The third-order valence-corrected chi connectivity index (χ3v) is 17.8. The predicted molar refractivity (Wildman–Crippen MR) is 77.9 cm³/mol. The Bertz CT molecular complexity index is 226. The molecule has 4 unspecified atom stereocenters. The molecular weight excluding hydrogens is 483 g/mol. The van der Waals surface area contributed by atoms with Crippen molar-refractivity contribution in [2.24, 2.45) is 0 Å². The molecule has 17 heavy (non-hydrogen) atoms. The molecule has 0 N–H and O–H groups in total. The fourth-order valence-electron chi connectivity index (χ4n) is 1.64. The second kappa shape index (κ2) is 7.28. The molecule has 3 saturated heterocycles. The minimum absolute atomic E-state index is 0.198. The van der Waals surface area contributed by atoms with Gasteiger partial charge in [-0.15, -0.1) is 0 Å². The van der Waals surface area contributed by atoms with Gasteiger partial charge in [0.25, 0.3) is 0 Å². The van der Waals surface area contributed by atoms with Gasteiger partial charge in [-0.05, 0) is 0 Å². The van der Waals surface area contributed by atoms with Crippen molar-refractivity contribution in [3.05, 3.63) is 0 Å². The van der Waals surface area contributed by atoms with Gasteiger partial charge in [0, 0.05) is 0 Å². The van der Waals surface area contributed by atoms with E-state index in [1.807, 2.05) is 23.5 Å². The van der Waals surface area contributed by atoms with Gasteiger partial charge in [-0.25, -0.2) is 0 Å². The van der Waals surface area contributed by atoms with Crippen LogP contribution in [0.15, 0.2) is 0 Å². The SMILES string of the molecule is C(OCC1C[Te]C(COCC2CS2)[Te]1)C1CS1. The van der Waals surface area contributed by atoms with Crippen molar-refractivity contribution in [2.45, 2.75) is 20.9 Å². The molecule has 0 aromatic carbocycles. The zero-order chi connectivity index (χ0) is 11.5. The van der Waals surface area contributed by atoms with Crippen LogP contribution in [0.1, 0.15) is 0 Å². The molecular formula is C11H18O2S2Te2. The van der Waals surface area contributed by atoms with Crippen LogP contribution in [0.25, 0.3) is 0 Å². The van der Waals surface area contributed by atoms with Gasteiger partial charge in [-0.1, -0.05) is 0 Å². The van der Waals surface area contributed by atoms with E-state index in [4.69, 9.17) is 9.47 Å². The van der Waals surface area contributed by atoms with E-state index in [0.717, 1.165) is 42.9 Å². The summed E-state index contributed by atoms with van der Waals surface area (Å²) in [6.07, 6.45) is 0.